The monoisotopic (exact) mass is 494 g/mol. The summed E-state index contributed by atoms with van der Waals surface area (Å²) < 4.78 is 0. The van der Waals surface area contributed by atoms with Crippen molar-refractivity contribution in [3.63, 3.8) is 0 Å². The van der Waals surface area contributed by atoms with Crippen LogP contribution in [0.25, 0.3) is 0 Å². The number of aliphatic carboxylic acids is 1. The number of nitrogens with two attached hydrogens (primary N) is 3. The lowest BCUT2D eigenvalue weighted by Crippen LogP contribution is -2.57. The molecule has 10 N–H and O–H groups in total. The van der Waals surface area contributed by atoms with Gasteiger partial charge in [-0.2, -0.15) is 0 Å². The van der Waals surface area contributed by atoms with E-state index in [4.69, 9.17) is 17.2 Å². The lowest BCUT2D eigenvalue weighted by atomic mass is 10.1. The number of aromatic amines is 1. The first-order chi connectivity index (χ1) is 16.5. The average Bonchev–Trinajstić information content (AvgIpc) is 3.47. The number of rotatable bonds is 13. The first-order valence-electron chi connectivity index (χ1n) is 10.9. The molecular weight excluding hydrogens is 464 g/mol. The summed E-state index contributed by atoms with van der Waals surface area (Å²) in [6, 6.07) is -4.85. The van der Waals surface area contributed by atoms with E-state index in [-0.39, 0.29) is 32.2 Å². The lowest BCUT2D eigenvalue weighted by Gasteiger charge is -2.29. The number of imidazole rings is 1. The smallest absolute Gasteiger partial charge is 0.326 e. The average molecular weight is 495 g/mol. The van der Waals surface area contributed by atoms with E-state index in [2.05, 4.69) is 20.6 Å². The molecule has 1 aliphatic rings. The summed E-state index contributed by atoms with van der Waals surface area (Å²) in [5.74, 6) is -5.03. The van der Waals surface area contributed by atoms with E-state index in [0.29, 0.717) is 12.1 Å². The van der Waals surface area contributed by atoms with Crippen LogP contribution >= 0.6 is 0 Å². The van der Waals surface area contributed by atoms with Crippen molar-refractivity contribution >= 4 is 35.5 Å². The first kappa shape index (κ1) is 27.2. The second kappa shape index (κ2) is 12.5. The number of hydrogen-bond acceptors (Lipinski definition) is 8. The van der Waals surface area contributed by atoms with Gasteiger partial charge in [-0.1, -0.05) is 0 Å². The molecule has 35 heavy (non-hydrogen) atoms. The highest BCUT2D eigenvalue weighted by Gasteiger charge is 2.39. The zero-order valence-corrected chi connectivity index (χ0v) is 18.9. The van der Waals surface area contributed by atoms with Gasteiger partial charge in [-0.05, 0) is 19.3 Å². The maximum atomic E-state index is 13.2. The minimum absolute atomic E-state index is 0.0503. The van der Waals surface area contributed by atoms with Crippen LogP contribution in [0, 0.1) is 0 Å². The number of amides is 5. The molecule has 0 bridgehead atoms. The predicted molar refractivity (Wildman–Crippen MR) is 119 cm³/mol. The van der Waals surface area contributed by atoms with Gasteiger partial charge in [0.15, 0.2) is 0 Å². The molecule has 1 fully saturated rings. The summed E-state index contributed by atoms with van der Waals surface area (Å²) in [5, 5.41) is 14.3. The normalized spacial score (nSPS) is 17.7. The van der Waals surface area contributed by atoms with Gasteiger partial charge in [-0.25, -0.2) is 9.78 Å². The van der Waals surface area contributed by atoms with Crippen molar-refractivity contribution in [3.8, 4) is 0 Å². The third-order valence-corrected chi connectivity index (χ3v) is 5.49. The standard InChI is InChI=1S/C20H30N8O7/c21-11(3-4-15(22)29)17(31)26-12(7-16(23)30)19(33)28-5-1-2-14(28)18(32)27-13(20(34)35)6-10-8-24-9-25-10/h8-9,11-14H,1-7,21H2,(H2,22,29)(H2,23,30)(H,24,25)(H,26,31)(H,27,32)(H,34,35). The van der Waals surface area contributed by atoms with Gasteiger partial charge in [-0.3, -0.25) is 24.0 Å². The maximum absolute atomic E-state index is 13.2. The number of carbonyl (C=O) groups is 6. The second-order valence-electron chi connectivity index (χ2n) is 8.21. The summed E-state index contributed by atoms with van der Waals surface area (Å²) in [4.78, 5) is 80.3. The number of hydrogen-bond donors (Lipinski definition) is 7. The molecule has 5 amide bonds. The Morgan fingerprint density at radius 1 is 1.14 bits per heavy atom. The number of carboxylic acids is 1. The van der Waals surface area contributed by atoms with Crippen LogP contribution in [0.4, 0.5) is 0 Å². The molecule has 4 unspecified atom stereocenters. The Morgan fingerprint density at radius 3 is 2.43 bits per heavy atom. The van der Waals surface area contributed by atoms with E-state index < -0.39 is 66.1 Å². The van der Waals surface area contributed by atoms with Crippen molar-refractivity contribution in [1.82, 2.24) is 25.5 Å². The van der Waals surface area contributed by atoms with Gasteiger partial charge in [0, 0.05) is 31.3 Å². The quantitative estimate of drug-likeness (QED) is 0.143. The van der Waals surface area contributed by atoms with Crippen LogP contribution in [-0.2, 0) is 35.2 Å². The molecule has 0 aliphatic carbocycles. The van der Waals surface area contributed by atoms with E-state index in [0.717, 1.165) is 0 Å². The Kier molecular flexibility index (Phi) is 9.69. The highest BCUT2D eigenvalue weighted by Crippen LogP contribution is 2.20. The summed E-state index contributed by atoms with van der Waals surface area (Å²) in [7, 11) is 0. The van der Waals surface area contributed by atoms with Crippen molar-refractivity contribution in [1.29, 1.82) is 0 Å². The van der Waals surface area contributed by atoms with E-state index in [1.165, 1.54) is 17.4 Å². The fraction of sp³-hybridized carbons (Fsp3) is 0.550. The van der Waals surface area contributed by atoms with Crippen LogP contribution in [0.1, 0.15) is 37.8 Å². The number of nitrogens with zero attached hydrogens (tertiary/aromatic N) is 2. The molecule has 4 atom stereocenters. The Bertz CT molecular complexity index is 951. The van der Waals surface area contributed by atoms with Crippen molar-refractivity contribution in [3.05, 3.63) is 18.2 Å². The van der Waals surface area contributed by atoms with Gasteiger partial charge in [0.25, 0.3) is 0 Å². The number of primary amides is 2. The molecular formula is C20H30N8O7. The number of aromatic nitrogens is 2. The molecule has 1 saturated heterocycles. The highest BCUT2D eigenvalue weighted by atomic mass is 16.4. The molecule has 0 spiro atoms. The van der Waals surface area contributed by atoms with E-state index in [9.17, 15) is 33.9 Å². The molecule has 1 aromatic heterocycles. The van der Waals surface area contributed by atoms with E-state index in [1.54, 1.807) is 0 Å². The van der Waals surface area contributed by atoms with Crippen molar-refractivity contribution in [2.75, 3.05) is 6.54 Å². The molecule has 15 nitrogen and oxygen atoms in total. The molecule has 0 aromatic carbocycles. The minimum atomic E-state index is -1.40. The van der Waals surface area contributed by atoms with Crippen LogP contribution in [0.5, 0.6) is 0 Å². The van der Waals surface area contributed by atoms with Gasteiger partial charge >= 0.3 is 5.97 Å². The summed E-state index contributed by atoms with van der Waals surface area (Å²) in [6.45, 7) is 0.147. The Morgan fingerprint density at radius 2 is 1.86 bits per heavy atom. The Balaban J connectivity index is 2.10. The molecule has 2 heterocycles. The maximum Gasteiger partial charge on any atom is 0.326 e. The van der Waals surface area contributed by atoms with E-state index in [1.807, 2.05) is 0 Å². The zero-order chi connectivity index (χ0) is 26.1. The molecule has 192 valence electrons. The van der Waals surface area contributed by atoms with Crippen molar-refractivity contribution in [2.24, 2.45) is 17.2 Å². The SMILES string of the molecule is NC(=O)CCC(N)C(=O)NC(CC(N)=O)C(=O)N1CCCC1C(=O)NC(Cc1cnc[nH]1)C(=O)O. The van der Waals surface area contributed by atoms with Crippen molar-refractivity contribution < 1.29 is 33.9 Å². The molecule has 2 rings (SSSR count). The Labute approximate surface area is 200 Å². The fourth-order valence-corrected chi connectivity index (χ4v) is 3.70. The van der Waals surface area contributed by atoms with Gasteiger partial charge in [0.05, 0.1) is 18.8 Å². The number of likely N-dealkylation sites (tertiary alicyclic amines) is 1. The van der Waals surface area contributed by atoms with Crippen LogP contribution < -0.4 is 27.8 Å². The summed E-state index contributed by atoms with van der Waals surface area (Å²) in [5.41, 5.74) is 16.5. The largest absolute Gasteiger partial charge is 0.480 e. The third kappa shape index (κ3) is 8.06. The van der Waals surface area contributed by atoms with Crippen LogP contribution in [0.2, 0.25) is 0 Å². The van der Waals surface area contributed by atoms with Crippen LogP contribution in [0.15, 0.2) is 12.5 Å². The minimum Gasteiger partial charge on any atom is -0.480 e. The lowest BCUT2D eigenvalue weighted by molar-refractivity contribution is -0.145. The fourth-order valence-electron chi connectivity index (χ4n) is 3.70. The molecule has 1 aliphatic heterocycles. The summed E-state index contributed by atoms with van der Waals surface area (Å²) in [6.07, 6.45) is 2.68. The zero-order valence-electron chi connectivity index (χ0n) is 18.9. The van der Waals surface area contributed by atoms with Crippen LogP contribution in [-0.4, -0.2) is 86.2 Å². The molecule has 0 radical (unpaired) electrons. The Hall–Kier alpha value is -4.01. The third-order valence-electron chi connectivity index (χ3n) is 5.49. The van der Waals surface area contributed by atoms with Gasteiger partial charge in [-0.15, -0.1) is 0 Å². The summed E-state index contributed by atoms with van der Waals surface area (Å²) >= 11 is 0. The molecule has 15 heteroatoms. The number of carboxylic acid groups (broad SMARTS) is 1. The first-order valence-corrected chi connectivity index (χ1v) is 10.9. The van der Waals surface area contributed by atoms with Gasteiger partial charge in [0.2, 0.25) is 29.5 Å². The topological polar surface area (TPSA) is 257 Å². The van der Waals surface area contributed by atoms with Gasteiger partial charge in [0.1, 0.15) is 18.1 Å². The van der Waals surface area contributed by atoms with E-state index >= 15 is 0 Å². The van der Waals surface area contributed by atoms with Crippen molar-refractivity contribution in [2.45, 2.75) is 62.7 Å². The number of nitrogens with one attached hydrogen (secondary N) is 3. The molecule has 0 saturated carbocycles. The number of carbonyl (C=O) groups excluding carboxylic acids is 5. The second-order valence-corrected chi connectivity index (χ2v) is 8.21. The predicted octanol–water partition coefficient (Wildman–Crippen LogP) is -3.53. The number of H-pyrrole nitrogens is 1. The van der Waals surface area contributed by atoms with Crippen LogP contribution in [0.3, 0.4) is 0 Å². The molecule has 1 aromatic rings. The highest BCUT2D eigenvalue weighted by molar-refractivity contribution is 5.96. The van der Waals surface area contributed by atoms with Gasteiger partial charge < -0.3 is 42.8 Å².